The van der Waals surface area contributed by atoms with Crippen LogP contribution in [-0.4, -0.2) is 64.2 Å². The van der Waals surface area contributed by atoms with E-state index in [1.54, 1.807) is 32.1 Å². The van der Waals surface area contributed by atoms with E-state index in [4.69, 9.17) is 0 Å². The van der Waals surface area contributed by atoms with Gasteiger partial charge in [-0.05, 0) is 43.7 Å². The number of imidazole rings is 1. The molecule has 4 heterocycles. The van der Waals surface area contributed by atoms with Crippen LogP contribution < -0.4 is 0 Å². The van der Waals surface area contributed by atoms with Crippen molar-refractivity contribution in [2.75, 3.05) is 26.2 Å². The third-order valence-electron chi connectivity index (χ3n) is 5.44. The molecular formula is C19H25N5O3S. The lowest BCUT2D eigenvalue weighted by atomic mass is 10.0. The smallest absolute Gasteiger partial charge is 0.274 e. The minimum atomic E-state index is -3.53. The summed E-state index contributed by atoms with van der Waals surface area (Å²) >= 11 is 0. The Balaban J connectivity index is 1.51. The molecular weight excluding hydrogens is 378 g/mol. The summed E-state index contributed by atoms with van der Waals surface area (Å²) in [7, 11) is -3.53. The van der Waals surface area contributed by atoms with Gasteiger partial charge in [-0.3, -0.25) is 9.36 Å². The van der Waals surface area contributed by atoms with Gasteiger partial charge in [-0.1, -0.05) is 6.92 Å². The van der Waals surface area contributed by atoms with Crippen molar-refractivity contribution in [1.82, 2.24) is 23.7 Å². The number of likely N-dealkylation sites (tertiary alicyclic amines) is 1. The zero-order valence-corrected chi connectivity index (χ0v) is 16.8. The van der Waals surface area contributed by atoms with E-state index in [9.17, 15) is 13.2 Å². The Hall–Kier alpha value is -2.26. The first-order valence-corrected chi connectivity index (χ1v) is 11.2. The Bertz CT molecular complexity index is 948. The average Bonchev–Trinajstić information content (AvgIpc) is 3.40. The van der Waals surface area contributed by atoms with Crippen LogP contribution in [0.3, 0.4) is 0 Å². The highest BCUT2D eigenvalue weighted by Gasteiger charge is 2.29. The minimum absolute atomic E-state index is 0.0744. The van der Waals surface area contributed by atoms with Gasteiger partial charge in [-0.2, -0.15) is 4.31 Å². The maximum Gasteiger partial charge on any atom is 0.274 e. The standard InChI is InChI=1S/C19H25N5O3S/c1-15-5-4-10-24(12-15)28(26,27)16-6-7-18(20-11-16)23-13-17(21-14-23)19(25)22-8-2-3-9-22/h6-7,11,13-15H,2-5,8-10,12H2,1H3/t15-/m0/s1. The molecule has 4 rings (SSSR count). The molecule has 2 fully saturated rings. The van der Waals surface area contributed by atoms with Crippen LogP contribution in [0.2, 0.25) is 0 Å². The molecule has 0 unspecified atom stereocenters. The van der Waals surface area contributed by atoms with Gasteiger partial charge in [0.1, 0.15) is 22.7 Å². The molecule has 2 saturated heterocycles. The van der Waals surface area contributed by atoms with Crippen molar-refractivity contribution in [3.63, 3.8) is 0 Å². The van der Waals surface area contributed by atoms with Crippen molar-refractivity contribution in [2.45, 2.75) is 37.5 Å². The summed E-state index contributed by atoms with van der Waals surface area (Å²) < 4.78 is 28.9. The van der Waals surface area contributed by atoms with E-state index in [2.05, 4.69) is 16.9 Å². The molecule has 1 amide bonds. The zero-order valence-electron chi connectivity index (χ0n) is 16.0. The first-order valence-electron chi connectivity index (χ1n) is 9.75. The SMILES string of the molecule is C[C@H]1CCCN(S(=O)(=O)c2ccc(-n3cnc(C(=O)N4CCCC4)c3)nc2)C1. The van der Waals surface area contributed by atoms with Crippen LogP contribution in [0.25, 0.3) is 5.82 Å². The molecule has 2 aromatic rings. The van der Waals surface area contributed by atoms with Gasteiger partial charge in [0, 0.05) is 38.6 Å². The van der Waals surface area contributed by atoms with Crippen LogP contribution in [0, 0.1) is 5.92 Å². The first-order chi connectivity index (χ1) is 13.4. The Kier molecular flexibility index (Phi) is 5.20. The van der Waals surface area contributed by atoms with Gasteiger partial charge in [-0.25, -0.2) is 18.4 Å². The van der Waals surface area contributed by atoms with Gasteiger partial charge < -0.3 is 4.90 Å². The van der Waals surface area contributed by atoms with Crippen molar-refractivity contribution in [1.29, 1.82) is 0 Å². The fourth-order valence-electron chi connectivity index (χ4n) is 3.83. The lowest BCUT2D eigenvalue weighted by molar-refractivity contribution is 0.0787. The number of amides is 1. The molecule has 0 spiro atoms. The largest absolute Gasteiger partial charge is 0.337 e. The van der Waals surface area contributed by atoms with Crippen molar-refractivity contribution in [2.24, 2.45) is 5.92 Å². The quantitative estimate of drug-likeness (QED) is 0.778. The molecule has 2 aromatic heterocycles. The molecule has 150 valence electrons. The Morgan fingerprint density at radius 3 is 2.57 bits per heavy atom. The van der Waals surface area contributed by atoms with E-state index in [0.717, 1.165) is 38.8 Å². The number of carbonyl (C=O) groups excluding carboxylic acids is 1. The number of aromatic nitrogens is 3. The topological polar surface area (TPSA) is 88.4 Å². The third-order valence-corrected chi connectivity index (χ3v) is 7.29. The highest BCUT2D eigenvalue weighted by Crippen LogP contribution is 2.23. The lowest BCUT2D eigenvalue weighted by Crippen LogP contribution is -2.39. The van der Waals surface area contributed by atoms with Gasteiger partial charge in [0.05, 0.1) is 0 Å². The van der Waals surface area contributed by atoms with E-state index in [1.165, 1.54) is 12.5 Å². The normalized spacial score (nSPS) is 21.2. The summed E-state index contributed by atoms with van der Waals surface area (Å²) in [6.07, 6.45) is 8.55. The van der Waals surface area contributed by atoms with E-state index in [-0.39, 0.29) is 10.8 Å². The molecule has 0 bridgehead atoms. The summed E-state index contributed by atoms with van der Waals surface area (Å²) in [6, 6.07) is 3.21. The molecule has 9 heteroatoms. The lowest BCUT2D eigenvalue weighted by Gasteiger charge is -2.29. The molecule has 8 nitrogen and oxygen atoms in total. The molecule has 0 saturated carbocycles. The van der Waals surface area contributed by atoms with E-state index < -0.39 is 10.0 Å². The second-order valence-electron chi connectivity index (χ2n) is 7.63. The third kappa shape index (κ3) is 3.68. The first kappa shape index (κ1) is 19.1. The average molecular weight is 404 g/mol. The van der Waals surface area contributed by atoms with E-state index in [0.29, 0.717) is 30.5 Å². The maximum absolute atomic E-state index is 12.8. The second-order valence-corrected chi connectivity index (χ2v) is 9.57. The summed E-state index contributed by atoms with van der Waals surface area (Å²) in [5, 5.41) is 0. The number of hydrogen-bond donors (Lipinski definition) is 0. The predicted molar refractivity (Wildman–Crippen MR) is 104 cm³/mol. The molecule has 0 radical (unpaired) electrons. The van der Waals surface area contributed by atoms with Crippen LogP contribution in [0.15, 0.2) is 35.7 Å². The maximum atomic E-state index is 12.8. The van der Waals surface area contributed by atoms with Crippen molar-refractivity contribution in [3.8, 4) is 5.82 Å². The highest BCUT2D eigenvalue weighted by atomic mass is 32.2. The molecule has 0 aliphatic carbocycles. The van der Waals surface area contributed by atoms with Crippen LogP contribution in [0.5, 0.6) is 0 Å². The molecule has 28 heavy (non-hydrogen) atoms. The van der Waals surface area contributed by atoms with Gasteiger partial charge in [0.15, 0.2) is 0 Å². The molecule has 0 N–H and O–H groups in total. The summed E-state index contributed by atoms with van der Waals surface area (Å²) in [5.74, 6) is 0.821. The van der Waals surface area contributed by atoms with Crippen molar-refractivity contribution < 1.29 is 13.2 Å². The number of rotatable bonds is 4. The molecule has 2 aliphatic heterocycles. The van der Waals surface area contributed by atoms with Crippen LogP contribution in [-0.2, 0) is 10.0 Å². The fraction of sp³-hybridized carbons (Fsp3) is 0.526. The Labute approximate surface area is 165 Å². The second kappa shape index (κ2) is 7.63. The summed E-state index contributed by atoms with van der Waals surface area (Å²) in [5.41, 5.74) is 0.378. The van der Waals surface area contributed by atoms with Gasteiger partial charge >= 0.3 is 0 Å². The Morgan fingerprint density at radius 2 is 1.89 bits per heavy atom. The highest BCUT2D eigenvalue weighted by molar-refractivity contribution is 7.89. The zero-order chi connectivity index (χ0) is 19.7. The number of nitrogens with zero attached hydrogens (tertiary/aromatic N) is 5. The van der Waals surface area contributed by atoms with Crippen LogP contribution in [0.4, 0.5) is 0 Å². The molecule has 2 aliphatic rings. The molecule has 1 atom stereocenters. The molecule has 0 aromatic carbocycles. The fourth-order valence-corrected chi connectivity index (χ4v) is 5.38. The van der Waals surface area contributed by atoms with Crippen LogP contribution >= 0.6 is 0 Å². The minimum Gasteiger partial charge on any atom is -0.337 e. The number of carbonyl (C=O) groups is 1. The van der Waals surface area contributed by atoms with Crippen LogP contribution in [0.1, 0.15) is 43.1 Å². The van der Waals surface area contributed by atoms with E-state index >= 15 is 0 Å². The summed E-state index contributed by atoms with van der Waals surface area (Å²) in [4.78, 5) is 22.9. The van der Waals surface area contributed by atoms with Crippen molar-refractivity contribution in [3.05, 3.63) is 36.5 Å². The number of sulfonamides is 1. The Morgan fingerprint density at radius 1 is 1.11 bits per heavy atom. The van der Waals surface area contributed by atoms with Gasteiger partial charge in [0.25, 0.3) is 5.91 Å². The number of piperidine rings is 1. The van der Waals surface area contributed by atoms with E-state index in [1.807, 2.05) is 0 Å². The van der Waals surface area contributed by atoms with Gasteiger partial charge in [0.2, 0.25) is 10.0 Å². The van der Waals surface area contributed by atoms with Crippen molar-refractivity contribution >= 4 is 15.9 Å². The van der Waals surface area contributed by atoms with Gasteiger partial charge in [-0.15, -0.1) is 0 Å². The number of pyridine rings is 1. The monoisotopic (exact) mass is 403 g/mol. The predicted octanol–water partition coefficient (Wildman–Crippen LogP) is 1.92. The number of hydrogen-bond acceptors (Lipinski definition) is 5. The summed E-state index contributed by atoms with van der Waals surface area (Å²) in [6.45, 7) is 4.71.